The number of nitrogens with zero attached hydrogens (tertiary/aromatic N) is 1. The normalized spacial score (nSPS) is 29.8. The number of ether oxygens (including phenoxy) is 1. The smallest absolute Gasteiger partial charge is 0.106 e. The van der Waals surface area contributed by atoms with Crippen LogP contribution < -0.4 is 5.32 Å². The maximum absolute atomic E-state index is 5.80. The van der Waals surface area contributed by atoms with E-state index in [2.05, 4.69) is 10.5 Å². The molecule has 0 amide bonds. The molecule has 2 saturated heterocycles. The monoisotopic (exact) mass is 184 g/mol. The van der Waals surface area contributed by atoms with Gasteiger partial charge in [-0.05, 0) is 25.9 Å². The van der Waals surface area contributed by atoms with Gasteiger partial charge in [-0.25, -0.2) is 0 Å². The summed E-state index contributed by atoms with van der Waals surface area (Å²) in [5.74, 6) is 0. The molecule has 2 rings (SSSR count). The zero-order chi connectivity index (χ0) is 9.15. The first kappa shape index (κ1) is 8.97. The van der Waals surface area contributed by atoms with Gasteiger partial charge >= 0.3 is 0 Å². The average Bonchev–Trinajstić information content (AvgIpc) is 2.51. The van der Waals surface area contributed by atoms with Crippen LogP contribution in [0.25, 0.3) is 0 Å². The van der Waals surface area contributed by atoms with Crippen molar-refractivity contribution in [1.82, 2.24) is 5.32 Å². The zero-order valence-electron chi connectivity index (χ0n) is 8.01. The predicted octanol–water partition coefficient (Wildman–Crippen LogP) is 0.531. The second-order valence-electron chi connectivity index (χ2n) is 3.74. The molecule has 13 heavy (non-hydrogen) atoms. The van der Waals surface area contributed by atoms with E-state index in [1.807, 2.05) is 0 Å². The molecule has 2 heterocycles. The molecule has 0 aromatic rings. The first-order valence-electron chi connectivity index (χ1n) is 4.78. The van der Waals surface area contributed by atoms with Crippen LogP contribution >= 0.6 is 0 Å². The second kappa shape index (κ2) is 3.64. The van der Waals surface area contributed by atoms with Gasteiger partial charge in [-0.1, -0.05) is 5.16 Å². The fourth-order valence-electron chi connectivity index (χ4n) is 2.10. The molecule has 0 unspecified atom stereocenters. The van der Waals surface area contributed by atoms with Gasteiger partial charge in [0.05, 0.1) is 17.9 Å². The van der Waals surface area contributed by atoms with Gasteiger partial charge in [0.15, 0.2) is 0 Å². The molecule has 2 fully saturated rings. The van der Waals surface area contributed by atoms with Crippen LogP contribution in [0.5, 0.6) is 0 Å². The van der Waals surface area contributed by atoms with E-state index in [-0.39, 0.29) is 5.60 Å². The van der Waals surface area contributed by atoms with E-state index in [0.717, 1.165) is 38.1 Å². The minimum atomic E-state index is 0.0720. The summed E-state index contributed by atoms with van der Waals surface area (Å²) in [7, 11) is 1.58. The summed E-state index contributed by atoms with van der Waals surface area (Å²) in [6, 6.07) is 0. The summed E-state index contributed by atoms with van der Waals surface area (Å²) < 4.78 is 5.80. The third-order valence-corrected chi connectivity index (χ3v) is 2.81. The van der Waals surface area contributed by atoms with Gasteiger partial charge < -0.3 is 14.9 Å². The van der Waals surface area contributed by atoms with Crippen molar-refractivity contribution < 1.29 is 9.57 Å². The van der Waals surface area contributed by atoms with Gasteiger partial charge in [0.1, 0.15) is 7.11 Å². The first-order valence-corrected chi connectivity index (χ1v) is 4.78. The molecule has 2 aliphatic rings. The lowest BCUT2D eigenvalue weighted by molar-refractivity contribution is -0.0183. The highest BCUT2D eigenvalue weighted by atomic mass is 16.6. The zero-order valence-corrected chi connectivity index (χ0v) is 8.01. The van der Waals surface area contributed by atoms with Crippen molar-refractivity contribution in [3.05, 3.63) is 0 Å². The highest BCUT2D eigenvalue weighted by Gasteiger charge is 2.39. The third-order valence-electron chi connectivity index (χ3n) is 2.81. The number of oxime groups is 1. The second-order valence-corrected chi connectivity index (χ2v) is 3.74. The average molecular weight is 184 g/mol. The van der Waals surface area contributed by atoms with Crippen molar-refractivity contribution in [3.63, 3.8) is 0 Å². The lowest BCUT2D eigenvalue weighted by Gasteiger charge is -2.32. The van der Waals surface area contributed by atoms with Gasteiger partial charge in [0, 0.05) is 6.42 Å². The van der Waals surface area contributed by atoms with E-state index < -0.39 is 0 Å². The Labute approximate surface area is 78.3 Å². The van der Waals surface area contributed by atoms with E-state index in [9.17, 15) is 0 Å². The molecule has 0 atom stereocenters. The van der Waals surface area contributed by atoms with Crippen LogP contribution in [0.1, 0.15) is 19.3 Å². The lowest BCUT2D eigenvalue weighted by atomic mass is 9.89. The lowest BCUT2D eigenvalue weighted by Crippen LogP contribution is -2.41. The molecule has 0 aliphatic carbocycles. The molecule has 0 radical (unpaired) electrons. The maximum Gasteiger partial charge on any atom is 0.106 e. The van der Waals surface area contributed by atoms with E-state index in [0.29, 0.717) is 6.61 Å². The number of rotatable bonds is 1. The molecular formula is C9H16N2O2. The predicted molar refractivity (Wildman–Crippen MR) is 49.8 cm³/mol. The largest absolute Gasteiger partial charge is 0.399 e. The van der Waals surface area contributed by atoms with Crippen LogP contribution in [-0.4, -0.2) is 38.1 Å². The van der Waals surface area contributed by atoms with E-state index in [1.54, 1.807) is 7.11 Å². The molecule has 0 bridgehead atoms. The Kier molecular flexibility index (Phi) is 2.51. The SMILES string of the molecule is CO/N=C1\COC2(CCNCC2)C1. The first-order chi connectivity index (χ1) is 6.35. The number of hydrogen-bond donors (Lipinski definition) is 1. The molecule has 4 heteroatoms. The Morgan fingerprint density at radius 3 is 2.92 bits per heavy atom. The number of nitrogens with one attached hydrogen (secondary N) is 1. The maximum atomic E-state index is 5.80. The summed E-state index contributed by atoms with van der Waals surface area (Å²) in [4.78, 5) is 4.75. The minimum Gasteiger partial charge on any atom is -0.399 e. The van der Waals surface area contributed by atoms with E-state index >= 15 is 0 Å². The molecular weight excluding hydrogens is 168 g/mol. The van der Waals surface area contributed by atoms with Crippen LogP contribution in [0.3, 0.4) is 0 Å². The molecule has 0 saturated carbocycles. The minimum absolute atomic E-state index is 0.0720. The fourth-order valence-corrected chi connectivity index (χ4v) is 2.10. The van der Waals surface area contributed by atoms with Crippen LogP contribution in [0.15, 0.2) is 5.16 Å². The Morgan fingerprint density at radius 1 is 1.46 bits per heavy atom. The topological polar surface area (TPSA) is 42.9 Å². The fraction of sp³-hybridized carbons (Fsp3) is 0.889. The Hall–Kier alpha value is -0.610. The van der Waals surface area contributed by atoms with Crippen LogP contribution in [0, 0.1) is 0 Å². The van der Waals surface area contributed by atoms with Gasteiger partial charge in [0.25, 0.3) is 0 Å². The Balaban J connectivity index is 1.98. The van der Waals surface area contributed by atoms with Gasteiger partial charge in [-0.15, -0.1) is 0 Å². The molecule has 4 nitrogen and oxygen atoms in total. The number of hydrogen-bond acceptors (Lipinski definition) is 4. The van der Waals surface area contributed by atoms with Crippen molar-refractivity contribution >= 4 is 5.71 Å². The summed E-state index contributed by atoms with van der Waals surface area (Å²) >= 11 is 0. The molecule has 1 spiro atoms. The summed E-state index contributed by atoms with van der Waals surface area (Å²) in [5.41, 5.74) is 1.12. The standard InChI is InChI=1S/C9H16N2O2/c1-12-11-8-6-9(13-7-8)2-4-10-5-3-9/h10H,2-7H2,1H3/b11-8-. The van der Waals surface area contributed by atoms with Crippen molar-refractivity contribution in [2.24, 2.45) is 5.16 Å². The quantitative estimate of drug-likeness (QED) is 0.604. The van der Waals surface area contributed by atoms with Crippen molar-refractivity contribution in [3.8, 4) is 0 Å². The van der Waals surface area contributed by atoms with Gasteiger partial charge in [-0.2, -0.15) is 0 Å². The molecule has 74 valence electrons. The highest BCUT2D eigenvalue weighted by Crippen LogP contribution is 2.32. The van der Waals surface area contributed by atoms with E-state index in [1.165, 1.54) is 0 Å². The van der Waals surface area contributed by atoms with Crippen molar-refractivity contribution in [2.45, 2.75) is 24.9 Å². The van der Waals surface area contributed by atoms with Crippen molar-refractivity contribution in [1.29, 1.82) is 0 Å². The Bertz CT molecular complexity index is 210. The molecule has 0 aromatic carbocycles. The third kappa shape index (κ3) is 1.84. The molecule has 0 aromatic heterocycles. The van der Waals surface area contributed by atoms with Crippen molar-refractivity contribution in [2.75, 3.05) is 26.8 Å². The number of piperidine rings is 1. The highest BCUT2D eigenvalue weighted by molar-refractivity contribution is 5.87. The Morgan fingerprint density at radius 2 is 2.23 bits per heavy atom. The summed E-state index contributed by atoms with van der Waals surface area (Å²) in [6.07, 6.45) is 3.13. The van der Waals surface area contributed by atoms with Crippen LogP contribution in [-0.2, 0) is 9.57 Å². The van der Waals surface area contributed by atoms with Crippen LogP contribution in [0.2, 0.25) is 0 Å². The summed E-state index contributed by atoms with van der Waals surface area (Å²) in [5, 5.41) is 7.28. The van der Waals surface area contributed by atoms with Gasteiger partial charge in [-0.3, -0.25) is 0 Å². The van der Waals surface area contributed by atoms with Gasteiger partial charge in [0.2, 0.25) is 0 Å². The van der Waals surface area contributed by atoms with E-state index in [4.69, 9.17) is 9.57 Å². The van der Waals surface area contributed by atoms with Crippen LogP contribution in [0.4, 0.5) is 0 Å². The molecule has 1 N–H and O–H groups in total. The molecule has 2 aliphatic heterocycles. The summed E-state index contributed by atoms with van der Waals surface area (Å²) in [6.45, 7) is 2.76.